The van der Waals surface area contributed by atoms with Gasteiger partial charge in [-0.05, 0) is 31.6 Å². The lowest BCUT2D eigenvalue weighted by molar-refractivity contribution is -0.113. The smallest absolute Gasteiger partial charge is 0.0692 e. The summed E-state index contributed by atoms with van der Waals surface area (Å²) in [4.78, 5) is 2.75. The van der Waals surface area contributed by atoms with Gasteiger partial charge in [0.15, 0.2) is 0 Å². The maximum absolute atomic E-state index is 6.14. The van der Waals surface area contributed by atoms with Crippen LogP contribution in [0.5, 0.6) is 0 Å². The normalized spacial score (nSPS) is 33.0. The third-order valence-electron chi connectivity index (χ3n) is 5.84. The van der Waals surface area contributed by atoms with E-state index in [2.05, 4.69) is 37.9 Å². The van der Waals surface area contributed by atoms with Crippen molar-refractivity contribution in [2.75, 3.05) is 26.2 Å². The molecule has 0 aromatic rings. The molecular weight excluding hydrogens is 248 g/mol. The SMILES string of the molecule is CCC(C)C1CN(C2CCOC(CC)(CC)C2)CCN1. The van der Waals surface area contributed by atoms with Crippen LogP contribution in [0, 0.1) is 5.92 Å². The van der Waals surface area contributed by atoms with Gasteiger partial charge in [0.25, 0.3) is 0 Å². The van der Waals surface area contributed by atoms with E-state index in [1.165, 1.54) is 32.4 Å². The highest BCUT2D eigenvalue weighted by Gasteiger charge is 2.38. The van der Waals surface area contributed by atoms with Gasteiger partial charge in [-0.2, -0.15) is 0 Å². The second kappa shape index (κ2) is 7.24. The Labute approximate surface area is 125 Å². The summed E-state index contributed by atoms with van der Waals surface area (Å²) in [5.41, 5.74) is 0.152. The van der Waals surface area contributed by atoms with Gasteiger partial charge >= 0.3 is 0 Å². The topological polar surface area (TPSA) is 24.5 Å². The molecule has 2 aliphatic heterocycles. The zero-order chi connectivity index (χ0) is 14.6. The van der Waals surface area contributed by atoms with Gasteiger partial charge in [0, 0.05) is 38.3 Å². The molecule has 0 radical (unpaired) electrons. The van der Waals surface area contributed by atoms with Crippen molar-refractivity contribution >= 4 is 0 Å². The fourth-order valence-electron chi connectivity index (χ4n) is 3.86. The van der Waals surface area contributed by atoms with Crippen LogP contribution in [0.1, 0.15) is 59.8 Å². The van der Waals surface area contributed by atoms with Crippen molar-refractivity contribution in [2.45, 2.75) is 77.5 Å². The van der Waals surface area contributed by atoms with Crippen molar-refractivity contribution in [3.05, 3.63) is 0 Å². The van der Waals surface area contributed by atoms with Gasteiger partial charge in [0.1, 0.15) is 0 Å². The molecule has 3 heteroatoms. The second-order valence-corrected chi connectivity index (χ2v) is 6.83. The number of hydrogen-bond acceptors (Lipinski definition) is 3. The molecule has 3 nitrogen and oxygen atoms in total. The van der Waals surface area contributed by atoms with Crippen LogP contribution in [0.3, 0.4) is 0 Å². The lowest BCUT2D eigenvalue weighted by atomic mass is 9.84. The first-order valence-electron chi connectivity index (χ1n) is 8.75. The predicted octanol–water partition coefficient (Wildman–Crippen LogP) is 3.04. The molecule has 0 aliphatic carbocycles. The van der Waals surface area contributed by atoms with Gasteiger partial charge < -0.3 is 10.1 Å². The Balaban J connectivity index is 1.96. The highest BCUT2D eigenvalue weighted by atomic mass is 16.5. The van der Waals surface area contributed by atoms with Gasteiger partial charge in [-0.15, -0.1) is 0 Å². The van der Waals surface area contributed by atoms with Gasteiger partial charge in [-0.1, -0.05) is 34.1 Å². The fraction of sp³-hybridized carbons (Fsp3) is 1.00. The molecule has 0 aromatic carbocycles. The largest absolute Gasteiger partial charge is 0.375 e. The molecule has 0 bridgehead atoms. The number of nitrogens with zero attached hydrogens (tertiary/aromatic N) is 1. The standard InChI is InChI=1S/C17H34N2O/c1-5-14(4)16-13-19(10-9-18-16)15-8-11-20-17(6-2,7-3)12-15/h14-16,18H,5-13H2,1-4H3. The summed E-state index contributed by atoms with van der Waals surface area (Å²) in [6.45, 7) is 13.8. The molecule has 3 atom stereocenters. The Morgan fingerprint density at radius 3 is 2.70 bits per heavy atom. The number of nitrogens with one attached hydrogen (secondary N) is 1. The first kappa shape index (κ1) is 16.3. The first-order chi connectivity index (χ1) is 9.64. The molecule has 2 rings (SSSR count). The Morgan fingerprint density at radius 1 is 1.30 bits per heavy atom. The van der Waals surface area contributed by atoms with Crippen molar-refractivity contribution in [1.29, 1.82) is 0 Å². The van der Waals surface area contributed by atoms with E-state index in [1.807, 2.05) is 0 Å². The maximum Gasteiger partial charge on any atom is 0.0692 e. The minimum absolute atomic E-state index is 0.152. The van der Waals surface area contributed by atoms with E-state index in [9.17, 15) is 0 Å². The molecule has 2 aliphatic rings. The summed E-state index contributed by atoms with van der Waals surface area (Å²) in [7, 11) is 0. The molecule has 118 valence electrons. The van der Waals surface area contributed by atoms with E-state index in [0.717, 1.165) is 38.0 Å². The number of piperazine rings is 1. The van der Waals surface area contributed by atoms with E-state index in [-0.39, 0.29) is 5.60 Å². The summed E-state index contributed by atoms with van der Waals surface area (Å²) < 4.78 is 6.14. The minimum Gasteiger partial charge on any atom is -0.375 e. The van der Waals surface area contributed by atoms with Crippen LogP contribution >= 0.6 is 0 Å². The summed E-state index contributed by atoms with van der Waals surface area (Å²) in [5.74, 6) is 0.778. The van der Waals surface area contributed by atoms with E-state index < -0.39 is 0 Å². The van der Waals surface area contributed by atoms with E-state index >= 15 is 0 Å². The fourth-order valence-corrected chi connectivity index (χ4v) is 3.86. The molecule has 0 saturated carbocycles. The zero-order valence-electron chi connectivity index (χ0n) is 14.0. The average Bonchev–Trinajstić information content (AvgIpc) is 2.54. The minimum atomic E-state index is 0.152. The second-order valence-electron chi connectivity index (χ2n) is 6.83. The van der Waals surface area contributed by atoms with Crippen LogP contribution < -0.4 is 5.32 Å². The Kier molecular flexibility index (Phi) is 5.88. The quantitative estimate of drug-likeness (QED) is 0.839. The monoisotopic (exact) mass is 282 g/mol. The van der Waals surface area contributed by atoms with E-state index in [1.54, 1.807) is 0 Å². The molecule has 3 unspecified atom stereocenters. The molecule has 0 spiro atoms. The van der Waals surface area contributed by atoms with Crippen LogP contribution in [-0.4, -0.2) is 48.8 Å². The lowest BCUT2D eigenvalue weighted by Gasteiger charge is -2.47. The average molecular weight is 282 g/mol. The number of ether oxygens (including phenoxy) is 1. The van der Waals surface area contributed by atoms with Crippen LogP contribution in [0.4, 0.5) is 0 Å². The van der Waals surface area contributed by atoms with Gasteiger partial charge in [-0.3, -0.25) is 4.90 Å². The van der Waals surface area contributed by atoms with Crippen molar-refractivity contribution in [3.8, 4) is 0 Å². The van der Waals surface area contributed by atoms with Gasteiger partial charge in [0.05, 0.1) is 5.60 Å². The molecule has 2 fully saturated rings. The van der Waals surface area contributed by atoms with Crippen LogP contribution in [0.2, 0.25) is 0 Å². The van der Waals surface area contributed by atoms with Crippen LogP contribution in [-0.2, 0) is 4.74 Å². The molecular formula is C17H34N2O. The molecule has 0 aromatic heterocycles. The third-order valence-corrected chi connectivity index (χ3v) is 5.84. The van der Waals surface area contributed by atoms with Crippen LogP contribution in [0.25, 0.3) is 0 Å². The van der Waals surface area contributed by atoms with Crippen molar-refractivity contribution in [1.82, 2.24) is 10.2 Å². The molecule has 1 N–H and O–H groups in total. The Hall–Kier alpha value is -0.120. The lowest BCUT2D eigenvalue weighted by Crippen LogP contribution is -2.58. The Bertz CT molecular complexity index is 291. The van der Waals surface area contributed by atoms with Gasteiger partial charge in [-0.25, -0.2) is 0 Å². The van der Waals surface area contributed by atoms with Crippen molar-refractivity contribution in [3.63, 3.8) is 0 Å². The summed E-state index contributed by atoms with van der Waals surface area (Å²) >= 11 is 0. The van der Waals surface area contributed by atoms with E-state index in [4.69, 9.17) is 4.74 Å². The Morgan fingerprint density at radius 2 is 2.05 bits per heavy atom. The highest BCUT2D eigenvalue weighted by molar-refractivity contribution is 4.92. The van der Waals surface area contributed by atoms with E-state index in [0.29, 0.717) is 6.04 Å². The summed E-state index contributed by atoms with van der Waals surface area (Å²) in [5, 5.41) is 3.71. The molecule has 0 amide bonds. The van der Waals surface area contributed by atoms with Crippen LogP contribution in [0.15, 0.2) is 0 Å². The van der Waals surface area contributed by atoms with Crippen molar-refractivity contribution in [2.24, 2.45) is 5.92 Å². The first-order valence-corrected chi connectivity index (χ1v) is 8.75. The van der Waals surface area contributed by atoms with Gasteiger partial charge in [0.2, 0.25) is 0 Å². The number of rotatable bonds is 5. The molecule has 2 saturated heterocycles. The predicted molar refractivity (Wildman–Crippen MR) is 85.1 cm³/mol. The van der Waals surface area contributed by atoms with Crippen molar-refractivity contribution < 1.29 is 4.74 Å². The number of hydrogen-bond donors (Lipinski definition) is 1. The molecule has 20 heavy (non-hydrogen) atoms. The summed E-state index contributed by atoms with van der Waals surface area (Å²) in [6.07, 6.45) is 6.02. The summed E-state index contributed by atoms with van der Waals surface area (Å²) in [6, 6.07) is 1.41. The maximum atomic E-state index is 6.14. The molecule has 2 heterocycles. The zero-order valence-corrected chi connectivity index (χ0v) is 14.0. The third kappa shape index (κ3) is 3.55. The highest BCUT2D eigenvalue weighted by Crippen LogP contribution is 2.34.